The Morgan fingerprint density at radius 3 is 2.52 bits per heavy atom. The maximum absolute atomic E-state index is 6.53. The molecule has 2 rings (SSSR count). The number of hydrogen-bond acceptors (Lipinski definition) is 2. The highest BCUT2D eigenvalue weighted by Gasteiger charge is 2.27. The summed E-state index contributed by atoms with van der Waals surface area (Å²) in [4.78, 5) is 0. The van der Waals surface area contributed by atoms with Crippen LogP contribution >= 0.6 is 11.6 Å². The number of aromatic nitrogens is 2. The average Bonchev–Trinajstić information content (AvgIpc) is 2.73. The molecule has 1 aromatic rings. The monoisotopic (exact) mass is 311 g/mol. The smallest absolute Gasteiger partial charge is 0.0849 e. The summed E-state index contributed by atoms with van der Waals surface area (Å²) >= 11 is 6.53. The summed E-state index contributed by atoms with van der Waals surface area (Å²) in [5.74, 6) is 1.51. The van der Waals surface area contributed by atoms with Crippen LogP contribution in [0.2, 0.25) is 5.02 Å². The van der Waals surface area contributed by atoms with Crippen molar-refractivity contribution in [1.29, 1.82) is 0 Å². The van der Waals surface area contributed by atoms with E-state index in [9.17, 15) is 0 Å². The van der Waals surface area contributed by atoms with Crippen LogP contribution < -0.4 is 5.32 Å². The molecule has 1 aromatic heterocycles. The minimum Gasteiger partial charge on any atom is -0.314 e. The van der Waals surface area contributed by atoms with Gasteiger partial charge in [-0.25, -0.2) is 0 Å². The van der Waals surface area contributed by atoms with Crippen LogP contribution in [0, 0.1) is 11.8 Å². The summed E-state index contributed by atoms with van der Waals surface area (Å²) < 4.78 is 2.00. The first-order valence-electron chi connectivity index (χ1n) is 8.46. The standard InChI is InChI=1S/C17H30ClN3/c1-5-15-17(18)16(21(4)20-15)10-13-8-6-7-9-14(13)11-19-12(2)3/h12-14,19H,5-11H2,1-4H3. The van der Waals surface area contributed by atoms with Crippen molar-refractivity contribution in [3.8, 4) is 0 Å². The van der Waals surface area contributed by atoms with E-state index in [0.717, 1.165) is 41.9 Å². The van der Waals surface area contributed by atoms with Gasteiger partial charge in [0.2, 0.25) is 0 Å². The quantitative estimate of drug-likeness (QED) is 0.861. The van der Waals surface area contributed by atoms with Crippen molar-refractivity contribution in [3.63, 3.8) is 0 Å². The second-order valence-corrected chi connectivity index (χ2v) is 7.13. The van der Waals surface area contributed by atoms with E-state index in [1.165, 1.54) is 31.4 Å². The first-order valence-corrected chi connectivity index (χ1v) is 8.84. The molecule has 1 fully saturated rings. The molecule has 1 aliphatic rings. The van der Waals surface area contributed by atoms with Crippen LogP contribution in [0.3, 0.4) is 0 Å². The highest BCUT2D eigenvalue weighted by molar-refractivity contribution is 6.31. The zero-order valence-corrected chi connectivity index (χ0v) is 14.7. The molecule has 0 spiro atoms. The Balaban J connectivity index is 2.06. The Kier molecular flexibility index (Phi) is 6.12. The molecule has 4 heteroatoms. The molecule has 0 radical (unpaired) electrons. The molecule has 0 saturated heterocycles. The van der Waals surface area contributed by atoms with Crippen LogP contribution in [-0.4, -0.2) is 22.4 Å². The third kappa shape index (κ3) is 4.23. The van der Waals surface area contributed by atoms with E-state index in [1.54, 1.807) is 0 Å². The molecular formula is C17H30ClN3. The van der Waals surface area contributed by atoms with E-state index < -0.39 is 0 Å². The molecule has 1 aliphatic carbocycles. The first kappa shape index (κ1) is 16.8. The van der Waals surface area contributed by atoms with Crippen molar-refractivity contribution in [2.75, 3.05) is 6.54 Å². The van der Waals surface area contributed by atoms with Crippen LogP contribution in [0.15, 0.2) is 0 Å². The number of nitrogens with one attached hydrogen (secondary N) is 1. The SMILES string of the molecule is CCc1nn(C)c(CC2CCCCC2CNC(C)C)c1Cl. The lowest BCUT2D eigenvalue weighted by Crippen LogP contribution is -2.35. The van der Waals surface area contributed by atoms with Crippen LogP contribution in [0.4, 0.5) is 0 Å². The molecule has 0 aliphatic heterocycles. The third-order valence-electron chi connectivity index (χ3n) is 4.81. The Morgan fingerprint density at radius 1 is 1.29 bits per heavy atom. The summed E-state index contributed by atoms with van der Waals surface area (Å²) in [6.07, 6.45) is 7.40. The molecule has 1 saturated carbocycles. The fraction of sp³-hybridized carbons (Fsp3) is 0.824. The lowest BCUT2D eigenvalue weighted by Gasteiger charge is -2.32. The van der Waals surface area contributed by atoms with Gasteiger partial charge in [-0.15, -0.1) is 0 Å². The molecule has 0 amide bonds. The summed E-state index contributed by atoms with van der Waals surface area (Å²) in [7, 11) is 2.03. The van der Waals surface area contributed by atoms with Gasteiger partial charge < -0.3 is 5.32 Å². The van der Waals surface area contributed by atoms with E-state index in [1.807, 2.05) is 11.7 Å². The van der Waals surface area contributed by atoms with Crippen molar-refractivity contribution >= 4 is 11.6 Å². The largest absolute Gasteiger partial charge is 0.314 e. The molecule has 0 bridgehead atoms. The molecular weight excluding hydrogens is 282 g/mol. The Morgan fingerprint density at radius 2 is 1.95 bits per heavy atom. The van der Waals surface area contributed by atoms with Gasteiger partial charge in [0.05, 0.1) is 16.4 Å². The van der Waals surface area contributed by atoms with E-state index in [4.69, 9.17) is 11.6 Å². The fourth-order valence-corrected chi connectivity index (χ4v) is 3.87. The second-order valence-electron chi connectivity index (χ2n) is 6.76. The van der Waals surface area contributed by atoms with Gasteiger partial charge in [-0.3, -0.25) is 4.68 Å². The topological polar surface area (TPSA) is 29.9 Å². The summed E-state index contributed by atoms with van der Waals surface area (Å²) in [5, 5.41) is 9.09. The number of rotatable bonds is 6. The maximum Gasteiger partial charge on any atom is 0.0849 e. The normalized spacial score (nSPS) is 23.0. The van der Waals surface area contributed by atoms with E-state index >= 15 is 0 Å². The minimum absolute atomic E-state index is 0.569. The molecule has 2 atom stereocenters. The number of nitrogens with zero attached hydrogens (tertiary/aromatic N) is 2. The van der Waals surface area contributed by atoms with Crippen molar-refractivity contribution in [3.05, 3.63) is 16.4 Å². The lowest BCUT2D eigenvalue weighted by molar-refractivity contribution is 0.222. The first-order chi connectivity index (χ1) is 10.0. The van der Waals surface area contributed by atoms with Crippen molar-refractivity contribution in [1.82, 2.24) is 15.1 Å². The van der Waals surface area contributed by atoms with Gasteiger partial charge in [0, 0.05) is 13.1 Å². The maximum atomic E-state index is 6.53. The van der Waals surface area contributed by atoms with Crippen molar-refractivity contribution in [2.24, 2.45) is 18.9 Å². The lowest BCUT2D eigenvalue weighted by atomic mass is 9.76. The van der Waals surface area contributed by atoms with Crippen molar-refractivity contribution in [2.45, 2.75) is 65.3 Å². The predicted molar refractivity (Wildman–Crippen MR) is 89.9 cm³/mol. The molecule has 2 unspecified atom stereocenters. The number of halogens is 1. The molecule has 120 valence electrons. The van der Waals surface area contributed by atoms with Gasteiger partial charge >= 0.3 is 0 Å². The number of hydrogen-bond donors (Lipinski definition) is 1. The zero-order valence-electron chi connectivity index (χ0n) is 14.0. The zero-order chi connectivity index (χ0) is 15.4. The highest BCUT2D eigenvalue weighted by Crippen LogP contribution is 2.34. The Hall–Kier alpha value is -0.540. The Bertz CT molecular complexity index is 453. The van der Waals surface area contributed by atoms with Gasteiger partial charge in [0.1, 0.15) is 0 Å². The van der Waals surface area contributed by atoms with Crippen LogP contribution in [-0.2, 0) is 19.9 Å². The molecule has 1 heterocycles. The van der Waals surface area contributed by atoms with Crippen molar-refractivity contribution < 1.29 is 0 Å². The van der Waals surface area contributed by atoms with Crippen LogP contribution in [0.1, 0.15) is 57.8 Å². The van der Waals surface area contributed by atoms with E-state index in [-0.39, 0.29) is 0 Å². The van der Waals surface area contributed by atoms with Gasteiger partial charge in [-0.1, -0.05) is 45.2 Å². The van der Waals surface area contributed by atoms with Crippen LogP contribution in [0.5, 0.6) is 0 Å². The third-order valence-corrected chi connectivity index (χ3v) is 5.25. The Labute approximate surface area is 134 Å². The number of aryl methyl sites for hydroxylation is 2. The predicted octanol–water partition coefficient (Wildman–Crippen LogP) is 3.98. The van der Waals surface area contributed by atoms with Crippen LogP contribution in [0.25, 0.3) is 0 Å². The summed E-state index contributed by atoms with van der Waals surface area (Å²) in [5.41, 5.74) is 2.27. The van der Waals surface area contributed by atoms with E-state index in [0.29, 0.717) is 6.04 Å². The van der Waals surface area contributed by atoms with Gasteiger partial charge in [0.15, 0.2) is 0 Å². The highest BCUT2D eigenvalue weighted by atomic mass is 35.5. The molecule has 21 heavy (non-hydrogen) atoms. The minimum atomic E-state index is 0.569. The van der Waals surface area contributed by atoms with Gasteiger partial charge in [0.25, 0.3) is 0 Å². The van der Waals surface area contributed by atoms with Gasteiger partial charge in [-0.05, 0) is 44.1 Å². The summed E-state index contributed by atoms with van der Waals surface area (Å²) in [6, 6.07) is 0.569. The molecule has 1 N–H and O–H groups in total. The second kappa shape index (κ2) is 7.64. The van der Waals surface area contributed by atoms with Gasteiger partial charge in [-0.2, -0.15) is 5.10 Å². The molecule has 0 aromatic carbocycles. The average molecular weight is 312 g/mol. The summed E-state index contributed by atoms with van der Waals surface area (Å²) in [6.45, 7) is 7.71. The molecule has 3 nitrogen and oxygen atoms in total. The van der Waals surface area contributed by atoms with E-state index in [2.05, 4.69) is 31.2 Å². The fourth-order valence-electron chi connectivity index (χ4n) is 3.50.